The summed E-state index contributed by atoms with van der Waals surface area (Å²) >= 11 is 1.34. The van der Waals surface area contributed by atoms with Crippen molar-refractivity contribution in [1.82, 2.24) is 20.5 Å². The monoisotopic (exact) mass is 526 g/mol. The van der Waals surface area contributed by atoms with E-state index in [1.54, 1.807) is 25.2 Å². The maximum Gasteiger partial charge on any atom is 0.239 e. The lowest BCUT2D eigenvalue weighted by molar-refractivity contribution is -0.132. The lowest BCUT2D eigenvalue weighted by Crippen LogP contribution is -2.45. The summed E-state index contributed by atoms with van der Waals surface area (Å²) in [5.74, 6) is 0.396. The molecule has 1 aromatic heterocycles. The summed E-state index contributed by atoms with van der Waals surface area (Å²) in [5, 5.41) is 16.8. The molecule has 0 bridgehead atoms. The number of aliphatic hydroxyl groups is 1. The van der Waals surface area contributed by atoms with Crippen LogP contribution in [0.2, 0.25) is 0 Å². The number of carbonyl (C=O) groups excluding carboxylic acids is 3. The number of hydrogen-bond donors (Lipinski definition) is 3. The molecule has 4 rings (SSSR count). The Morgan fingerprint density at radius 2 is 2.08 bits per heavy atom. The molecule has 3 atom stereocenters. The Balaban J connectivity index is 1.49. The zero-order valence-corrected chi connectivity index (χ0v) is 21.5. The molecule has 1 aliphatic rings. The average Bonchev–Trinajstić information content (AvgIpc) is 3.50. The van der Waals surface area contributed by atoms with Crippen molar-refractivity contribution in [2.45, 2.75) is 31.5 Å². The molecule has 196 valence electrons. The Morgan fingerprint density at radius 3 is 2.81 bits per heavy atom. The van der Waals surface area contributed by atoms with Gasteiger partial charge < -0.3 is 30.1 Å². The fourth-order valence-corrected chi connectivity index (χ4v) is 5.54. The zero-order chi connectivity index (χ0) is 26.4. The van der Waals surface area contributed by atoms with Gasteiger partial charge in [-0.05, 0) is 37.1 Å². The van der Waals surface area contributed by atoms with Gasteiger partial charge in [0.25, 0.3) is 0 Å². The number of para-hydroxylation sites is 1. The lowest BCUT2D eigenvalue weighted by atomic mass is 9.95. The summed E-state index contributed by atoms with van der Waals surface area (Å²) in [6.07, 6.45) is 0.146. The Morgan fingerprint density at radius 1 is 1.27 bits per heavy atom. The number of nitrogens with zero attached hydrogens (tertiary/aromatic N) is 2. The van der Waals surface area contributed by atoms with E-state index in [9.17, 15) is 19.5 Å². The molecule has 2 aromatic carbocycles. The van der Waals surface area contributed by atoms with Gasteiger partial charge in [-0.15, -0.1) is 11.3 Å². The highest BCUT2D eigenvalue weighted by molar-refractivity contribution is 7.18. The fourth-order valence-electron chi connectivity index (χ4n) is 4.52. The summed E-state index contributed by atoms with van der Waals surface area (Å²) in [6.45, 7) is 0.695. The average molecular weight is 527 g/mol. The Kier molecular flexibility index (Phi) is 8.57. The van der Waals surface area contributed by atoms with Gasteiger partial charge in [-0.3, -0.25) is 14.4 Å². The van der Waals surface area contributed by atoms with Crippen LogP contribution in [0.1, 0.15) is 29.5 Å². The van der Waals surface area contributed by atoms with Crippen LogP contribution in [0.15, 0.2) is 42.5 Å². The van der Waals surface area contributed by atoms with Gasteiger partial charge in [-0.2, -0.15) is 0 Å². The third kappa shape index (κ3) is 6.17. The molecule has 0 aliphatic carbocycles. The Labute approximate surface area is 218 Å². The molecule has 1 fully saturated rings. The van der Waals surface area contributed by atoms with Crippen LogP contribution >= 0.6 is 11.3 Å². The highest BCUT2D eigenvalue weighted by atomic mass is 32.1. The van der Waals surface area contributed by atoms with Gasteiger partial charge in [-0.1, -0.05) is 12.1 Å². The molecular formula is C26H30N4O6S. The molecule has 37 heavy (non-hydrogen) atoms. The number of carbonyl (C=O) groups is 3. The van der Waals surface area contributed by atoms with Gasteiger partial charge in [0.1, 0.15) is 22.6 Å². The molecule has 0 spiro atoms. The summed E-state index contributed by atoms with van der Waals surface area (Å²) in [7, 11) is 3.15. The van der Waals surface area contributed by atoms with Gasteiger partial charge in [0, 0.05) is 30.6 Å². The predicted octanol–water partition coefficient (Wildman–Crippen LogP) is 2.02. The Hall–Kier alpha value is -3.70. The Bertz CT molecular complexity index is 1230. The van der Waals surface area contributed by atoms with E-state index in [1.165, 1.54) is 11.3 Å². The first-order chi connectivity index (χ1) is 17.9. The molecular weight excluding hydrogens is 496 g/mol. The van der Waals surface area contributed by atoms with Gasteiger partial charge in [0.05, 0.1) is 37.0 Å². The molecule has 0 saturated carbocycles. The minimum atomic E-state index is -1.11. The van der Waals surface area contributed by atoms with E-state index >= 15 is 0 Å². The molecule has 2 heterocycles. The number of nitrogens with one attached hydrogen (secondary N) is 2. The molecule has 3 amide bonds. The molecule has 3 N–H and O–H groups in total. The molecule has 1 saturated heterocycles. The number of aliphatic hydroxyl groups excluding tert-OH is 1. The fraction of sp³-hybridized carbons (Fsp3) is 0.385. The van der Waals surface area contributed by atoms with E-state index in [1.807, 2.05) is 36.4 Å². The highest BCUT2D eigenvalue weighted by Gasteiger charge is 2.37. The van der Waals surface area contributed by atoms with Crippen LogP contribution in [-0.2, 0) is 20.9 Å². The van der Waals surface area contributed by atoms with Crippen LogP contribution in [0.5, 0.6) is 11.5 Å². The van der Waals surface area contributed by atoms with Crippen molar-refractivity contribution >= 4 is 39.8 Å². The lowest BCUT2D eigenvalue weighted by Gasteiger charge is -2.25. The van der Waals surface area contributed by atoms with Crippen LogP contribution < -0.4 is 20.1 Å². The molecule has 10 nitrogen and oxygen atoms in total. The van der Waals surface area contributed by atoms with Crippen LogP contribution in [0.25, 0.3) is 10.2 Å². The van der Waals surface area contributed by atoms with E-state index in [0.717, 1.165) is 15.8 Å². The summed E-state index contributed by atoms with van der Waals surface area (Å²) in [4.78, 5) is 42.7. The number of benzene rings is 2. The van der Waals surface area contributed by atoms with Crippen molar-refractivity contribution in [2.24, 2.45) is 5.92 Å². The zero-order valence-electron chi connectivity index (χ0n) is 20.7. The van der Waals surface area contributed by atoms with Crippen molar-refractivity contribution < 1.29 is 29.0 Å². The normalized spacial score (nSPS) is 16.9. The van der Waals surface area contributed by atoms with Gasteiger partial charge in [0.15, 0.2) is 0 Å². The van der Waals surface area contributed by atoms with Crippen LogP contribution in [-0.4, -0.2) is 66.6 Å². The predicted molar refractivity (Wildman–Crippen MR) is 138 cm³/mol. The van der Waals surface area contributed by atoms with Crippen LogP contribution in [0.4, 0.5) is 0 Å². The maximum absolute atomic E-state index is 13.3. The smallest absolute Gasteiger partial charge is 0.239 e. The van der Waals surface area contributed by atoms with Crippen molar-refractivity contribution in [3.05, 3.63) is 53.0 Å². The minimum Gasteiger partial charge on any atom is -0.497 e. The summed E-state index contributed by atoms with van der Waals surface area (Å²) in [5.41, 5.74) is 1.61. The standard InChI is InChI=1S/C26H30N4O6S/c1-35-18-8-7-17(21(12-18)36-2)14-30-10-9-16(26(30)34)11-20(28-23(32)13-27-15-31)24(33)25-29-19-5-3-4-6-22(19)37-25/h3-8,12,15-16,20,24,33H,9-11,13-14H2,1-2H3,(H,27,31)(H,28,32). The van der Waals surface area contributed by atoms with Crippen LogP contribution in [0.3, 0.4) is 0 Å². The number of aromatic nitrogens is 1. The van der Waals surface area contributed by atoms with Crippen LogP contribution in [0, 0.1) is 5.92 Å². The number of rotatable bonds is 12. The summed E-state index contributed by atoms with van der Waals surface area (Å²) in [6, 6.07) is 12.2. The number of hydrogen-bond acceptors (Lipinski definition) is 8. The number of likely N-dealkylation sites (tertiary alicyclic amines) is 1. The number of amides is 3. The second kappa shape index (κ2) is 12.0. The minimum absolute atomic E-state index is 0.0559. The number of fused-ring (bicyclic) bond motifs is 1. The highest BCUT2D eigenvalue weighted by Crippen LogP contribution is 2.33. The van der Waals surface area contributed by atoms with Crippen molar-refractivity contribution in [3.8, 4) is 11.5 Å². The van der Waals surface area contributed by atoms with Gasteiger partial charge in [-0.25, -0.2) is 4.98 Å². The first kappa shape index (κ1) is 26.4. The third-order valence-electron chi connectivity index (χ3n) is 6.44. The van der Waals surface area contributed by atoms with Crippen molar-refractivity contribution in [3.63, 3.8) is 0 Å². The van der Waals surface area contributed by atoms with E-state index in [4.69, 9.17) is 9.47 Å². The largest absolute Gasteiger partial charge is 0.497 e. The maximum atomic E-state index is 13.3. The summed E-state index contributed by atoms with van der Waals surface area (Å²) < 4.78 is 11.6. The molecule has 3 aromatic rings. The molecule has 11 heteroatoms. The number of thiazole rings is 1. The SMILES string of the molecule is COc1ccc(CN2CCC(CC(NC(=O)CNC=O)C(O)c3nc4ccccc4s3)C2=O)c(OC)c1. The molecule has 3 unspecified atom stereocenters. The second-order valence-corrected chi connectivity index (χ2v) is 9.86. The molecule has 1 aliphatic heterocycles. The number of methoxy groups -OCH3 is 2. The van der Waals surface area contributed by atoms with Gasteiger partial charge >= 0.3 is 0 Å². The molecule has 0 radical (unpaired) electrons. The van der Waals surface area contributed by atoms with E-state index in [0.29, 0.717) is 42.4 Å². The first-order valence-electron chi connectivity index (χ1n) is 11.9. The van der Waals surface area contributed by atoms with E-state index in [2.05, 4.69) is 15.6 Å². The van der Waals surface area contributed by atoms with Crippen molar-refractivity contribution in [1.29, 1.82) is 0 Å². The van der Waals surface area contributed by atoms with Gasteiger partial charge in [0.2, 0.25) is 18.2 Å². The number of ether oxygens (including phenoxy) is 2. The third-order valence-corrected chi connectivity index (χ3v) is 7.55. The van der Waals surface area contributed by atoms with E-state index < -0.39 is 24.0 Å². The quantitative estimate of drug-likeness (QED) is 0.308. The second-order valence-electron chi connectivity index (χ2n) is 8.80. The topological polar surface area (TPSA) is 130 Å². The first-order valence-corrected chi connectivity index (χ1v) is 12.7. The van der Waals surface area contributed by atoms with Crippen molar-refractivity contribution in [2.75, 3.05) is 27.3 Å². The van der Waals surface area contributed by atoms with E-state index in [-0.39, 0.29) is 18.9 Å².